The largest absolute Gasteiger partial charge is 0.221 e. The Balaban J connectivity index is 2.63. The maximum atomic E-state index is 3.98. The van der Waals surface area contributed by atoms with Crippen LogP contribution in [-0.2, 0) is 0 Å². The van der Waals surface area contributed by atoms with E-state index in [2.05, 4.69) is 22.6 Å². The first-order valence-corrected chi connectivity index (χ1v) is 3.71. The molecule has 0 atom stereocenters. The van der Waals surface area contributed by atoms with Crippen LogP contribution in [0.15, 0.2) is 53.0 Å². The van der Waals surface area contributed by atoms with Crippen LogP contribution in [-0.4, -0.2) is 12.6 Å². The highest BCUT2D eigenvalue weighted by Crippen LogP contribution is 2.07. The van der Waals surface area contributed by atoms with Crippen molar-refractivity contribution in [1.82, 2.24) is 0 Å². The highest BCUT2D eigenvalue weighted by molar-refractivity contribution is 5.51. The van der Waals surface area contributed by atoms with Gasteiger partial charge in [-0.1, -0.05) is 24.3 Å². The Hall–Kier alpha value is -1.66. The minimum Gasteiger partial charge on any atom is -0.221 e. The first-order valence-electron chi connectivity index (χ1n) is 3.71. The minimum absolute atomic E-state index is 0.566. The number of benzene rings is 1. The molecule has 1 aromatic carbocycles. The molecule has 0 saturated carbocycles. The smallest absolute Gasteiger partial charge is 0.0952 e. The Morgan fingerprint density at radius 3 is 2.75 bits per heavy atom. The molecule has 0 saturated heterocycles. The molecule has 0 aromatic heterocycles. The summed E-state index contributed by atoms with van der Waals surface area (Å²) in [6.07, 6.45) is 1.70. The van der Waals surface area contributed by atoms with Crippen LogP contribution >= 0.6 is 0 Å². The van der Waals surface area contributed by atoms with Crippen molar-refractivity contribution in [2.24, 2.45) is 9.98 Å². The van der Waals surface area contributed by atoms with Crippen molar-refractivity contribution >= 4 is 11.7 Å². The van der Waals surface area contributed by atoms with Gasteiger partial charge in [-0.15, -0.1) is 6.58 Å². The molecule has 0 aliphatic rings. The van der Waals surface area contributed by atoms with Crippen LogP contribution in [0.5, 0.6) is 0 Å². The fourth-order valence-corrected chi connectivity index (χ4v) is 0.701. The van der Waals surface area contributed by atoms with Gasteiger partial charge in [0, 0.05) is 0 Å². The van der Waals surface area contributed by atoms with E-state index in [0.29, 0.717) is 6.54 Å². The second-order valence-electron chi connectivity index (χ2n) is 2.18. The number of aliphatic imine (C=N–C) groups is 2. The second-order valence-corrected chi connectivity index (χ2v) is 2.18. The van der Waals surface area contributed by atoms with Crippen LogP contribution in [0.25, 0.3) is 0 Å². The lowest BCUT2D eigenvalue weighted by atomic mass is 10.3. The van der Waals surface area contributed by atoms with Gasteiger partial charge in [0.1, 0.15) is 0 Å². The van der Waals surface area contributed by atoms with E-state index in [-0.39, 0.29) is 0 Å². The van der Waals surface area contributed by atoms with Gasteiger partial charge in [-0.05, 0) is 12.1 Å². The molecule has 0 bridgehead atoms. The number of nitrogens with zero attached hydrogens (tertiary/aromatic N) is 2. The van der Waals surface area contributed by atoms with Crippen LogP contribution in [0.4, 0.5) is 5.69 Å². The summed E-state index contributed by atoms with van der Waals surface area (Å²) in [6.45, 7) is 4.10. The standard InChI is InChI=1S/C10H10N2/c1-2-8-11-9-12-10-6-4-3-5-7-10/h2-7H,1,8H2. The van der Waals surface area contributed by atoms with Crippen LogP contribution in [0.3, 0.4) is 0 Å². The van der Waals surface area contributed by atoms with Crippen LogP contribution in [0.2, 0.25) is 0 Å². The van der Waals surface area contributed by atoms with E-state index < -0.39 is 0 Å². The van der Waals surface area contributed by atoms with E-state index >= 15 is 0 Å². The predicted octanol–water partition coefficient (Wildman–Crippen LogP) is 2.68. The van der Waals surface area contributed by atoms with Crippen molar-refractivity contribution < 1.29 is 0 Å². The number of hydrogen-bond acceptors (Lipinski definition) is 2. The molecule has 1 rings (SSSR count). The molecule has 60 valence electrons. The molecule has 0 aliphatic heterocycles. The molecule has 0 aliphatic carbocycles. The molecule has 0 unspecified atom stereocenters. The lowest BCUT2D eigenvalue weighted by molar-refractivity contribution is 1.26. The molecular weight excluding hydrogens is 148 g/mol. The molecule has 0 amide bonds. The second kappa shape index (κ2) is 5.05. The molecule has 0 fully saturated rings. The van der Waals surface area contributed by atoms with Gasteiger partial charge in [0.25, 0.3) is 0 Å². The Morgan fingerprint density at radius 1 is 1.33 bits per heavy atom. The molecular formula is C10H10N2. The van der Waals surface area contributed by atoms with E-state index in [0.717, 1.165) is 5.69 Å². The van der Waals surface area contributed by atoms with E-state index in [1.165, 1.54) is 0 Å². The minimum atomic E-state index is 0.566. The van der Waals surface area contributed by atoms with Gasteiger partial charge in [-0.2, -0.15) is 4.99 Å². The highest BCUT2D eigenvalue weighted by Gasteiger charge is 1.80. The molecule has 0 N–H and O–H groups in total. The Morgan fingerprint density at radius 2 is 2.08 bits per heavy atom. The maximum absolute atomic E-state index is 3.98. The molecule has 1 aromatic rings. The lowest BCUT2D eigenvalue weighted by Crippen LogP contribution is -1.66. The SMILES string of the molecule is C=CCN=C=Nc1ccccc1. The number of para-hydroxylation sites is 1. The average molecular weight is 158 g/mol. The zero-order valence-corrected chi connectivity index (χ0v) is 6.77. The summed E-state index contributed by atoms with van der Waals surface area (Å²) in [7, 11) is 0. The van der Waals surface area contributed by atoms with Crippen molar-refractivity contribution in [3.63, 3.8) is 0 Å². The maximum Gasteiger partial charge on any atom is 0.0952 e. The van der Waals surface area contributed by atoms with Gasteiger partial charge in [-0.25, -0.2) is 4.99 Å². The number of rotatable bonds is 3. The summed E-state index contributed by atoms with van der Waals surface area (Å²) in [5, 5.41) is 0. The summed E-state index contributed by atoms with van der Waals surface area (Å²) in [5.74, 6) is 0. The highest BCUT2D eigenvalue weighted by atomic mass is 14.8. The van der Waals surface area contributed by atoms with Gasteiger partial charge in [-0.3, -0.25) is 0 Å². The average Bonchev–Trinajstić information content (AvgIpc) is 2.14. The third-order valence-electron chi connectivity index (χ3n) is 1.23. The molecule has 2 nitrogen and oxygen atoms in total. The van der Waals surface area contributed by atoms with E-state index in [9.17, 15) is 0 Å². The molecule has 0 spiro atoms. The van der Waals surface area contributed by atoms with Gasteiger partial charge >= 0.3 is 0 Å². The first kappa shape index (κ1) is 8.44. The summed E-state index contributed by atoms with van der Waals surface area (Å²) in [5.41, 5.74) is 0.866. The third kappa shape index (κ3) is 2.95. The molecule has 12 heavy (non-hydrogen) atoms. The molecule has 0 radical (unpaired) electrons. The van der Waals surface area contributed by atoms with Crippen molar-refractivity contribution in [3.05, 3.63) is 43.0 Å². The Labute approximate surface area is 72.0 Å². The summed E-state index contributed by atoms with van der Waals surface area (Å²) >= 11 is 0. The monoisotopic (exact) mass is 158 g/mol. The van der Waals surface area contributed by atoms with Crippen molar-refractivity contribution in [2.45, 2.75) is 0 Å². The lowest BCUT2D eigenvalue weighted by Gasteiger charge is -1.84. The fraction of sp³-hybridized carbons (Fsp3) is 0.100. The van der Waals surface area contributed by atoms with Gasteiger partial charge in [0.2, 0.25) is 0 Å². The van der Waals surface area contributed by atoms with Gasteiger partial charge in [0.15, 0.2) is 0 Å². The summed E-state index contributed by atoms with van der Waals surface area (Å²) < 4.78 is 0. The zero-order valence-electron chi connectivity index (χ0n) is 6.77. The van der Waals surface area contributed by atoms with Crippen molar-refractivity contribution in [3.8, 4) is 0 Å². The quantitative estimate of drug-likeness (QED) is 0.477. The summed E-state index contributed by atoms with van der Waals surface area (Å²) in [4.78, 5) is 7.83. The zero-order chi connectivity index (χ0) is 8.65. The van der Waals surface area contributed by atoms with E-state index in [1.54, 1.807) is 6.08 Å². The topological polar surface area (TPSA) is 24.7 Å². The van der Waals surface area contributed by atoms with Crippen molar-refractivity contribution in [1.29, 1.82) is 0 Å². The molecule has 0 heterocycles. The Kier molecular flexibility index (Phi) is 3.55. The third-order valence-corrected chi connectivity index (χ3v) is 1.23. The van der Waals surface area contributed by atoms with Crippen molar-refractivity contribution in [2.75, 3.05) is 6.54 Å². The van der Waals surface area contributed by atoms with E-state index in [4.69, 9.17) is 0 Å². The Bertz CT molecular complexity index is 295. The van der Waals surface area contributed by atoms with Crippen LogP contribution < -0.4 is 0 Å². The number of hydrogen-bond donors (Lipinski definition) is 0. The summed E-state index contributed by atoms with van der Waals surface area (Å²) in [6, 6.07) is 12.2. The van der Waals surface area contributed by atoms with Gasteiger partial charge in [0.05, 0.1) is 18.2 Å². The molecule has 2 heteroatoms. The first-order chi connectivity index (χ1) is 5.93. The fourth-order valence-electron chi connectivity index (χ4n) is 0.701. The predicted molar refractivity (Wildman–Crippen MR) is 51.0 cm³/mol. The van der Waals surface area contributed by atoms with Crippen LogP contribution in [0, 0.1) is 0 Å². The van der Waals surface area contributed by atoms with E-state index in [1.807, 2.05) is 30.3 Å². The normalized spacial score (nSPS) is 8.33. The van der Waals surface area contributed by atoms with Gasteiger partial charge < -0.3 is 0 Å². The van der Waals surface area contributed by atoms with Crippen LogP contribution in [0.1, 0.15) is 0 Å².